The SMILES string of the molecule is CC(=O)c1ccc(C#N)cc1NC1CCCN(c2cc(N3CCOCC3)ncn2)C1. The molecule has 8 heteroatoms. The van der Waals surface area contributed by atoms with Gasteiger partial charge in [-0.1, -0.05) is 0 Å². The van der Waals surface area contributed by atoms with Crippen molar-refractivity contribution in [2.45, 2.75) is 25.8 Å². The Hall–Kier alpha value is -3.18. The van der Waals surface area contributed by atoms with E-state index in [0.29, 0.717) is 11.1 Å². The van der Waals surface area contributed by atoms with Crippen LogP contribution in [0.5, 0.6) is 0 Å². The number of carbonyl (C=O) groups is 1. The van der Waals surface area contributed by atoms with Gasteiger partial charge in [-0.25, -0.2) is 9.97 Å². The Kier molecular flexibility index (Phi) is 6.10. The van der Waals surface area contributed by atoms with Crippen LogP contribution in [0.1, 0.15) is 35.7 Å². The first-order valence-corrected chi connectivity index (χ1v) is 10.4. The van der Waals surface area contributed by atoms with Crippen LogP contribution in [0.4, 0.5) is 17.3 Å². The Morgan fingerprint density at radius 1 is 1.17 bits per heavy atom. The summed E-state index contributed by atoms with van der Waals surface area (Å²) in [6.45, 7) is 6.36. The molecule has 2 fully saturated rings. The summed E-state index contributed by atoms with van der Waals surface area (Å²) in [4.78, 5) is 25.4. The van der Waals surface area contributed by atoms with Crippen LogP contribution < -0.4 is 15.1 Å². The molecule has 8 nitrogen and oxygen atoms in total. The number of ether oxygens (including phenoxy) is 1. The smallest absolute Gasteiger partial charge is 0.161 e. The second kappa shape index (κ2) is 9.09. The normalized spacial score (nSPS) is 19.3. The largest absolute Gasteiger partial charge is 0.380 e. The topological polar surface area (TPSA) is 94.4 Å². The highest BCUT2D eigenvalue weighted by Gasteiger charge is 2.23. The first kappa shape index (κ1) is 20.1. The number of hydrogen-bond acceptors (Lipinski definition) is 8. The summed E-state index contributed by atoms with van der Waals surface area (Å²) in [5.41, 5.74) is 1.88. The highest BCUT2D eigenvalue weighted by atomic mass is 16.5. The van der Waals surface area contributed by atoms with E-state index in [9.17, 15) is 10.1 Å². The summed E-state index contributed by atoms with van der Waals surface area (Å²) >= 11 is 0. The summed E-state index contributed by atoms with van der Waals surface area (Å²) in [7, 11) is 0. The van der Waals surface area contributed by atoms with Crippen LogP contribution in [-0.4, -0.2) is 61.2 Å². The third-order valence-electron chi connectivity index (χ3n) is 5.61. The molecule has 30 heavy (non-hydrogen) atoms. The van der Waals surface area contributed by atoms with Gasteiger partial charge in [0.2, 0.25) is 0 Å². The molecule has 0 amide bonds. The molecular weight excluding hydrogens is 380 g/mol. The number of carbonyl (C=O) groups excluding carboxylic acids is 1. The van der Waals surface area contributed by atoms with Crippen LogP contribution in [0.25, 0.3) is 0 Å². The average molecular weight is 406 g/mol. The van der Waals surface area contributed by atoms with Crippen LogP contribution in [0.2, 0.25) is 0 Å². The molecule has 0 bridgehead atoms. The van der Waals surface area contributed by atoms with Gasteiger partial charge in [-0.2, -0.15) is 5.26 Å². The number of hydrogen-bond donors (Lipinski definition) is 1. The van der Waals surface area contributed by atoms with E-state index in [1.165, 1.54) is 0 Å². The average Bonchev–Trinajstić information content (AvgIpc) is 2.79. The second-order valence-corrected chi connectivity index (χ2v) is 7.69. The molecule has 0 saturated carbocycles. The van der Waals surface area contributed by atoms with Gasteiger partial charge in [0, 0.05) is 49.5 Å². The first-order valence-electron chi connectivity index (χ1n) is 10.4. The molecule has 1 atom stereocenters. The molecule has 2 aliphatic heterocycles. The number of piperidine rings is 1. The Labute approximate surface area is 176 Å². The van der Waals surface area contributed by atoms with Crippen LogP contribution >= 0.6 is 0 Å². The number of benzene rings is 1. The standard InChI is InChI=1S/C22H26N6O2/c1-16(29)19-5-4-17(13-23)11-20(19)26-18-3-2-6-28(14-18)22-12-21(24-15-25-22)27-7-9-30-10-8-27/h4-5,11-12,15,18,26H,2-3,6-10,14H2,1H3. The minimum Gasteiger partial charge on any atom is -0.380 e. The molecule has 1 aromatic heterocycles. The van der Waals surface area contributed by atoms with E-state index in [4.69, 9.17) is 4.74 Å². The predicted octanol–water partition coefficient (Wildman–Crippen LogP) is 2.47. The predicted molar refractivity (Wildman–Crippen MR) is 115 cm³/mol. The summed E-state index contributed by atoms with van der Waals surface area (Å²) in [6, 6.07) is 9.53. The number of aromatic nitrogens is 2. The Morgan fingerprint density at radius 3 is 2.67 bits per heavy atom. The fourth-order valence-corrected chi connectivity index (χ4v) is 4.04. The minimum absolute atomic E-state index is 0.0133. The van der Waals surface area contributed by atoms with E-state index in [0.717, 1.165) is 69.6 Å². The van der Waals surface area contributed by atoms with Gasteiger partial charge in [-0.3, -0.25) is 4.79 Å². The van der Waals surface area contributed by atoms with Crippen molar-refractivity contribution in [1.29, 1.82) is 5.26 Å². The van der Waals surface area contributed by atoms with Gasteiger partial charge in [0.25, 0.3) is 0 Å². The van der Waals surface area contributed by atoms with Crippen molar-refractivity contribution in [3.8, 4) is 6.07 Å². The number of Topliss-reactive ketones (excluding diaryl/α,β-unsaturated/α-hetero) is 1. The summed E-state index contributed by atoms with van der Waals surface area (Å²) in [6.07, 6.45) is 3.63. The molecule has 0 aliphatic carbocycles. The van der Waals surface area contributed by atoms with Gasteiger partial charge >= 0.3 is 0 Å². The van der Waals surface area contributed by atoms with Crippen LogP contribution in [0.3, 0.4) is 0 Å². The van der Waals surface area contributed by atoms with Gasteiger partial charge in [0.15, 0.2) is 5.78 Å². The van der Waals surface area contributed by atoms with Crippen molar-refractivity contribution < 1.29 is 9.53 Å². The van der Waals surface area contributed by atoms with E-state index < -0.39 is 0 Å². The van der Waals surface area contributed by atoms with Gasteiger partial charge in [0.05, 0.1) is 24.8 Å². The number of nitrogens with one attached hydrogen (secondary N) is 1. The maximum atomic E-state index is 12.0. The van der Waals surface area contributed by atoms with Crippen molar-refractivity contribution in [3.63, 3.8) is 0 Å². The maximum absolute atomic E-state index is 12.0. The van der Waals surface area contributed by atoms with Crippen molar-refractivity contribution in [2.24, 2.45) is 0 Å². The molecule has 1 unspecified atom stereocenters. The van der Waals surface area contributed by atoms with Gasteiger partial charge in [-0.05, 0) is 38.0 Å². The van der Waals surface area contributed by atoms with E-state index in [2.05, 4.69) is 31.2 Å². The van der Waals surface area contributed by atoms with E-state index in [1.54, 1.807) is 31.5 Å². The van der Waals surface area contributed by atoms with Crippen molar-refractivity contribution in [3.05, 3.63) is 41.7 Å². The highest BCUT2D eigenvalue weighted by Crippen LogP contribution is 2.25. The number of ketones is 1. The molecule has 0 radical (unpaired) electrons. The van der Waals surface area contributed by atoms with E-state index >= 15 is 0 Å². The van der Waals surface area contributed by atoms with Crippen LogP contribution in [-0.2, 0) is 4.74 Å². The number of rotatable bonds is 5. The third-order valence-corrected chi connectivity index (χ3v) is 5.61. The van der Waals surface area contributed by atoms with Crippen molar-refractivity contribution in [2.75, 3.05) is 54.5 Å². The molecule has 3 heterocycles. The minimum atomic E-state index is -0.0133. The maximum Gasteiger partial charge on any atom is 0.161 e. The molecule has 4 rings (SSSR count). The van der Waals surface area contributed by atoms with Crippen LogP contribution in [0.15, 0.2) is 30.6 Å². The lowest BCUT2D eigenvalue weighted by Gasteiger charge is -2.35. The monoisotopic (exact) mass is 406 g/mol. The number of nitriles is 1. The summed E-state index contributed by atoms with van der Waals surface area (Å²) in [5, 5.41) is 12.7. The molecular formula is C22H26N6O2. The highest BCUT2D eigenvalue weighted by molar-refractivity contribution is 5.99. The lowest BCUT2D eigenvalue weighted by Crippen LogP contribution is -2.43. The number of nitrogens with zero attached hydrogens (tertiary/aromatic N) is 5. The lowest BCUT2D eigenvalue weighted by atomic mass is 10.0. The Bertz CT molecular complexity index is 951. The van der Waals surface area contributed by atoms with E-state index in [-0.39, 0.29) is 11.8 Å². The molecule has 2 aromatic rings. The molecule has 156 valence electrons. The van der Waals surface area contributed by atoms with Gasteiger partial charge < -0.3 is 19.9 Å². The van der Waals surface area contributed by atoms with Gasteiger partial charge in [-0.15, -0.1) is 0 Å². The zero-order valence-electron chi connectivity index (χ0n) is 17.2. The van der Waals surface area contributed by atoms with Gasteiger partial charge in [0.1, 0.15) is 18.0 Å². The Morgan fingerprint density at radius 2 is 1.93 bits per heavy atom. The fourth-order valence-electron chi connectivity index (χ4n) is 4.04. The third kappa shape index (κ3) is 4.52. The fraction of sp³-hybridized carbons (Fsp3) is 0.455. The second-order valence-electron chi connectivity index (χ2n) is 7.69. The van der Waals surface area contributed by atoms with E-state index in [1.807, 2.05) is 6.07 Å². The quantitative estimate of drug-likeness (QED) is 0.757. The van der Waals surface area contributed by atoms with Crippen molar-refractivity contribution in [1.82, 2.24) is 9.97 Å². The molecule has 0 spiro atoms. The molecule has 1 N–H and O–H groups in total. The zero-order chi connectivity index (χ0) is 20.9. The molecule has 1 aromatic carbocycles. The molecule has 2 saturated heterocycles. The lowest BCUT2D eigenvalue weighted by molar-refractivity contribution is 0.101. The first-order chi connectivity index (χ1) is 14.6. The number of morpholine rings is 1. The van der Waals surface area contributed by atoms with Crippen molar-refractivity contribution >= 4 is 23.1 Å². The summed E-state index contributed by atoms with van der Waals surface area (Å²) < 4.78 is 5.43. The number of anilines is 3. The molecule has 2 aliphatic rings. The zero-order valence-corrected chi connectivity index (χ0v) is 17.2. The summed E-state index contributed by atoms with van der Waals surface area (Å²) in [5.74, 6) is 1.83. The van der Waals surface area contributed by atoms with Crippen LogP contribution in [0, 0.1) is 11.3 Å². The Balaban J connectivity index is 1.49.